The quantitative estimate of drug-likeness (QED) is 0.455. The van der Waals surface area contributed by atoms with Crippen molar-refractivity contribution in [2.75, 3.05) is 25.6 Å². The Morgan fingerprint density at radius 3 is 2.52 bits per heavy atom. The van der Waals surface area contributed by atoms with Gasteiger partial charge < -0.3 is 9.64 Å². The number of amidine groups is 1. The summed E-state index contributed by atoms with van der Waals surface area (Å²) in [5.41, 5.74) is 3.37. The van der Waals surface area contributed by atoms with Gasteiger partial charge in [-0.3, -0.25) is 9.69 Å². The highest BCUT2D eigenvalue weighted by Crippen LogP contribution is 2.51. The third-order valence-corrected chi connectivity index (χ3v) is 9.04. The van der Waals surface area contributed by atoms with Crippen molar-refractivity contribution < 1.29 is 9.53 Å². The average molecular weight is 480 g/mol. The van der Waals surface area contributed by atoms with Crippen molar-refractivity contribution in [2.24, 2.45) is 4.99 Å². The fourth-order valence-corrected chi connectivity index (χ4v) is 7.10. The molecule has 2 fully saturated rings. The van der Waals surface area contributed by atoms with E-state index in [2.05, 4.69) is 29.2 Å². The smallest absolute Gasteiger partial charge is 0.269 e. The number of anilines is 1. The summed E-state index contributed by atoms with van der Waals surface area (Å²) in [4.78, 5) is 23.9. The number of ether oxygens (including phenoxy) is 1. The van der Waals surface area contributed by atoms with Crippen molar-refractivity contribution in [1.29, 1.82) is 0 Å². The van der Waals surface area contributed by atoms with Gasteiger partial charge in [0, 0.05) is 24.6 Å². The van der Waals surface area contributed by atoms with E-state index in [1.54, 1.807) is 23.8 Å². The molecule has 5 nitrogen and oxygen atoms in total. The SMILES string of the molecule is CCN1C(=O)C(=C2Sc3ccc(OC)cc3N2C)SC1=Nc1ccc(C2CCCCC2)cc1. The number of hydrogen-bond acceptors (Lipinski definition) is 6. The normalized spacial score (nSPS) is 22.4. The van der Waals surface area contributed by atoms with Gasteiger partial charge >= 0.3 is 0 Å². The Hall–Kier alpha value is -2.38. The highest BCUT2D eigenvalue weighted by molar-refractivity contribution is 8.19. The minimum Gasteiger partial charge on any atom is -0.497 e. The van der Waals surface area contributed by atoms with E-state index < -0.39 is 0 Å². The fraction of sp³-hybridized carbons (Fsp3) is 0.385. The van der Waals surface area contributed by atoms with Crippen LogP contribution < -0.4 is 9.64 Å². The molecule has 2 aromatic rings. The summed E-state index contributed by atoms with van der Waals surface area (Å²) in [6.45, 7) is 2.59. The van der Waals surface area contributed by atoms with Crippen LogP contribution in [0, 0.1) is 0 Å². The van der Waals surface area contributed by atoms with Crippen molar-refractivity contribution in [2.45, 2.75) is 49.8 Å². The number of carbonyl (C=O) groups excluding carboxylic acids is 1. The molecule has 0 atom stereocenters. The van der Waals surface area contributed by atoms with Gasteiger partial charge in [-0.2, -0.15) is 0 Å². The van der Waals surface area contributed by atoms with Crippen LogP contribution >= 0.6 is 23.5 Å². The fourth-order valence-electron chi connectivity index (χ4n) is 4.72. The molecule has 0 N–H and O–H groups in total. The van der Waals surface area contributed by atoms with E-state index in [4.69, 9.17) is 9.73 Å². The minimum atomic E-state index is 0.0224. The van der Waals surface area contributed by atoms with E-state index in [1.807, 2.05) is 32.2 Å². The zero-order valence-electron chi connectivity index (χ0n) is 19.3. The van der Waals surface area contributed by atoms with Crippen LogP contribution in [0.3, 0.4) is 0 Å². The lowest BCUT2D eigenvalue weighted by molar-refractivity contribution is -0.122. The Labute approximate surface area is 204 Å². The van der Waals surface area contributed by atoms with Gasteiger partial charge in [-0.05, 0) is 67.3 Å². The third-order valence-electron chi connectivity index (χ3n) is 6.61. The topological polar surface area (TPSA) is 45.1 Å². The van der Waals surface area contributed by atoms with E-state index in [0.29, 0.717) is 12.5 Å². The highest BCUT2D eigenvalue weighted by atomic mass is 32.2. The van der Waals surface area contributed by atoms with Crippen LogP contribution in [0.4, 0.5) is 11.4 Å². The maximum absolute atomic E-state index is 13.3. The number of nitrogens with zero attached hydrogens (tertiary/aromatic N) is 3. The van der Waals surface area contributed by atoms with Crippen LogP contribution in [-0.4, -0.2) is 36.7 Å². The van der Waals surface area contributed by atoms with E-state index in [-0.39, 0.29) is 5.91 Å². The number of benzene rings is 2. The Morgan fingerprint density at radius 1 is 1.06 bits per heavy atom. The summed E-state index contributed by atoms with van der Waals surface area (Å²) in [6, 6.07) is 14.7. The Morgan fingerprint density at radius 2 is 1.82 bits per heavy atom. The maximum atomic E-state index is 13.3. The number of carbonyl (C=O) groups is 1. The molecule has 0 bridgehead atoms. The lowest BCUT2D eigenvalue weighted by atomic mass is 9.84. The second-order valence-corrected chi connectivity index (χ2v) is 10.6. The first-order chi connectivity index (χ1) is 16.1. The van der Waals surface area contributed by atoms with Crippen LogP contribution in [0.5, 0.6) is 5.75 Å². The molecule has 0 unspecified atom stereocenters. The lowest BCUT2D eigenvalue weighted by Crippen LogP contribution is -2.29. The molecule has 0 radical (unpaired) electrons. The summed E-state index contributed by atoms with van der Waals surface area (Å²) >= 11 is 3.10. The molecule has 5 rings (SSSR count). The van der Waals surface area contributed by atoms with Crippen molar-refractivity contribution in [1.82, 2.24) is 4.90 Å². The molecule has 1 amide bonds. The summed E-state index contributed by atoms with van der Waals surface area (Å²) in [5.74, 6) is 1.52. The number of hydrogen-bond donors (Lipinski definition) is 0. The van der Waals surface area contributed by atoms with E-state index in [9.17, 15) is 4.79 Å². The van der Waals surface area contributed by atoms with E-state index in [0.717, 1.165) is 37.1 Å². The number of likely N-dealkylation sites (N-methyl/N-ethyl adjacent to an activating group) is 1. The van der Waals surface area contributed by atoms with Crippen molar-refractivity contribution in [3.05, 3.63) is 58.0 Å². The number of aliphatic imine (C=N–C) groups is 1. The molecule has 2 aliphatic heterocycles. The van der Waals surface area contributed by atoms with E-state index >= 15 is 0 Å². The second kappa shape index (κ2) is 9.47. The Bertz CT molecular complexity index is 1120. The number of methoxy groups -OCH3 is 1. The largest absolute Gasteiger partial charge is 0.497 e. The molecule has 1 saturated heterocycles. The summed E-state index contributed by atoms with van der Waals surface area (Å²) in [5, 5.41) is 1.70. The van der Waals surface area contributed by atoms with Crippen LogP contribution in [0.15, 0.2) is 62.3 Å². The molecule has 33 heavy (non-hydrogen) atoms. The predicted octanol–water partition coefficient (Wildman–Crippen LogP) is 6.74. The van der Waals surface area contributed by atoms with Gasteiger partial charge in [0.05, 0.1) is 23.5 Å². The molecular formula is C26H29N3O2S2. The Kier molecular flexibility index (Phi) is 6.43. The molecule has 172 valence electrons. The predicted molar refractivity (Wildman–Crippen MR) is 139 cm³/mol. The van der Waals surface area contributed by atoms with Gasteiger partial charge in [0.1, 0.15) is 10.7 Å². The summed E-state index contributed by atoms with van der Waals surface area (Å²) in [7, 11) is 3.67. The zero-order chi connectivity index (χ0) is 22.9. The van der Waals surface area contributed by atoms with Gasteiger partial charge in [0.15, 0.2) is 5.17 Å². The molecule has 2 aromatic carbocycles. The second-order valence-electron chi connectivity index (χ2n) is 8.60. The minimum absolute atomic E-state index is 0.0224. The molecule has 1 saturated carbocycles. The molecule has 3 aliphatic rings. The monoisotopic (exact) mass is 479 g/mol. The van der Waals surface area contributed by atoms with Gasteiger partial charge in [-0.1, -0.05) is 43.2 Å². The number of fused-ring (bicyclic) bond motifs is 1. The molecule has 1 aliphatic carbocycles. The van der Waals surface area contributed by atoms with Crippen molar-refractivity contribution >= 4 is 46.0 Å². The standard InChI is InChI=1S/C26H29N3O2S2/c1-4-29-24(30)23(25-28(2)21-16-20(31-3)14-15-22(21)32-25)33-26(29)27-19-12-10-18(11-13-19)17-8-6-5-7-9-17/h10-17H,4-9H2,1-3H3. The van der Waals surface area contributed by atoms with Crippen LogP contribution in [-0.2, 0) is 4.79 Å². The van der Waals surface area contributed by atoms with Crippen LogP contribution in [0.2, 0.25) is 0 Å². The summed E-state index contributed by atoms with van der Waals surface area (Å²) in [6.07, 6.45) is 6.61. The first-order valence-corrected chi connectivity index (χ1v) is 13.2. The Balaban J connectivity index is 1.41. The van der Waals surface area contributed by atoms with Crippen LogP contribution in [0.1, 0.15) is 50.5 Å². The van der Waals surface area contributed by atoms with Crippen molar-refractivity contribution in [3.8, 4) is 5.75 Å². The number of amides is 1. The van der Waals surface area contributed by atoms with Crippen molar-refractivity contribution in [3.63, 3.8) is 0 Å². The first kappa shape index (κ1) is 22.4. The zero-order valence-corrected chi connectivity index (χ0v) is 21.0. The highest BCUT2D eigenvalue weighted by Gasteiger charge is 2.38. The number of thioether (sulfide) groups is 2. The lowest BCUT2D eigenvalue weighted by Gasteiger charge is -2.21. The average Bonchev–Trinajstić information content (AvgIpc) is 3.35. The molecule has 0 aromatic heterocycles. The van der Waals surface area contributed by atoms with Gasteiger partial charge in [0.25, 0.3) is 5.91 Å². The molecular weight excluding hydrogens is 450 g/mol. The van der Waals surface area contributed by atoms with Crippen LogP contribution in [0.25, 0.3) is 0 Å². The summed E-state index contributed by atoms with van der Waals surface area (Å²) < 4.78 is 5.38. The first-order valence-electron chi connectivity index (χ1n) is 11.6. The molecule has 2 heterocycles. The van der Waals surface area contributed by atoms with Gasteiger partial charge in [-0.25, -0.2) is 4.99 Å². The molecule has 7 heteroatoms. The van der Waals surface area contributed by atoms with Gasteiger partial charge in [0.2, 0.25) is 0 Å². The third kappa shape index (κ3) is 4.28. The van der Waals surface area contributed by atoms with Gasteiger partial charge in [-0.15, -0.1) is 0 Å². The number of rotatable bonds is 4. The molecule has 0 spiro atoms. The van der Waals surface area contributed by atoms with E-state index in [1.165, 1.54) is 49.4 Å². The maximum Gasteiger partial charge on any atom is 0.269 e.